The number of aromatic nitrogens is 2. The van der Waals surface area contributed by atoms with Crippen LogP contribution in [0.4, 0.5) is 28.9 Å². The number of alkyl halides is 1. The number of likely N-dealkylation sites (tertiary alicyclic amines) is 1. The quantitative estimate of drug-likeness (QED) is 0.101. The highest BCUT2D eigenvalue weighted by atomic mass is 32.2. The van der Waals surface area contributed by atoms with Crippen LogP contribution in [0.2, 0.25) is 0 Å². The van der Waals surface area contributed by atoms with E-state index in [9.17, 15) is 32.0 Å². The van der Waals surface area contributed by atoms with Gasteiger partial charge in [-0.25, -0.2) is 22.5 Å². The van der Waals surface area contributed by atoms with Crippen LogP contribution in [0, 0.1) is 22.9 Å². The second-order valence-corrected chi connectivity index (χ2v) is 19.1. The molecule has 19 heteroatoms. The van der Waals surface area contributed by atoms with Gasteiger partial charge in [0.25, 0.3) is 5.91 Å². The summed E-state index contributed by atoms with van der Waals surface area (Å²) >= 11 is 0. The lowest BCUT2D eigenvalue weighted by Gasteiger charge is -2.61. The molecule has 1 unspecified atom stereocenters. The van der Waals surface area contributed by atoms with Gasteiger partial charge in [-0.3, -0.25) is 29.2 Å². The van der Waals surface area contributed by atoms with Crippen molar-refractivity contribution in [2.24, 2.45) is 5.41 Å². The van der Waals surface area contributed by atoms with Gasteiger partial charge in [0.05, 0.1) is 28.2 Å². The summed E-state index contributed by atoms with van der Waals surface area (Å²) < 4.78 is 90.7. The van der Waals surface area contributed by atoms with E-state index < -0.39 is 69.4 Å². The highest BCUT2D eigenvalue weighted by molar-refractivity contribution is 7.90. The Labute approximate surface area is 365 Å². The molecule has 0 bridgehead atoms. The van der Waals surface area contributed by atoms with Gasteiger partial charge in [-0.05, 0) is 85.8 Å². The number of anilines is 2. The van der Waals surface area contributed by atoms with E-state index in [1.54, 1.807) is 23.1 Å². The van der Waals surface area contributed by atoms with Crippen LogP contribution >= 0.6 is 0 Å². The fourth-order valence-corrected chi connectivity index (χ4v) is 11.2. The number of ketones is 1. The zero-order valence-corrected chi connectivity index (χ0v) is 35.1. The van der Waals surface area contributed by atoms with Gasteiger partial charge in [0.2, 0.25) is 17.6 Å². The van der Waals surface area contributed by atoms with E-state index in [4.69, 9.17) is 0 Å². The molecule has 4 fully saturated rings. The van der Waals surface area contributed by atoms with Gasteiger partial charge in [-0.1, -0.05) is 12.1 Å². The Kier molecular flexibility index (Phi) is 10.3. The lowest BCUT2D eigenvalue weighted by atomic mass is 9.72. The number of hydrogen-bond donors (Lipinski definition) is 2. The van der Waals surface area contributed by atoms with Crippen LogP contribution in [0.3, 0.4) is 0 Å². The summed E-state index contributed by atoms with van der Waals surface area (Å²) in [5, 5.41) is 2.56. The van der Waals surface area contributed by atoms with Crippen LogP contribution in [-0.4, -0.2) is 114 Å². The van der Waals surface area contributed by atoms with Crippen LogP contribution in [0.15, 0.2) is 73.1 Å². The van der Waals surface area contributed by atoms with Crippen LogP contribution < -0.4 is 14.9 Å². The smallest absolute Gasteiger partial charge is 0.301 e. The van der Waals surface area contributed by atoms with Crippen molar-refractivity contribution >= 4 is 56.1 Å². The first-order chi connectivity index (χ1) is 30.7. The third-order valence-corrected chi connectivity index (χ3v) is 14.5. The summed E-state index contributed by atoms with van der Waals surface area (Å²) in [6, 6.07) is 14.5. The largest absolute Gasteiger partial charge is 0.368 e. The summed E-state index contributed by atoms with van der Waals surface area (Å²) in [6.45, 7) is 3.81. The van der Waals surface area contributed by atoms with Crippen LogP contribution in [0.1, 0.15) is 63.1 Å². The Morgan fingerprint density at radius 2 is 1.77 bits per heavy atom. The average molecular weight is 899 g/mol. The Balaban J connectivity index is 0.762. The summed E-state index contributed by atoms with van der Waals surface area (Å²) in [6.07, 6.45) is 3.65. The van der Waals surface area contributed by atoms with Gasteiger partial charge in [-0.15, -0.1) is 0 Å². The summed E-state index contributed by atoms with van der Waals surface area (Å²) in [4.78, 5) is 61.2. The van der Waals surface area contributed by atoms with Gasteiger partial charge in [0.15, 0.2) is 5.82 Å². The topological polar surface area (TPSA) is 157 Å². The number of hydrogen-bond acceptors (Lipinski definition) is 9. The maximum Gasteiger partial charge on any atom is 0.301 e. The minimum absolute atomic E-state index is 0.0219. The lowest BCUT2D eigenvalue weighted by molar-refractivity contribution is -0.136. The molecule has 4 saturated heterocycles. The van der Waals surface area contributed by atoms with Crippen molar-refractivity contribution < 1.29 is 45.2 Å². The average Bonchev–Trinajstić information content (AvgIpc) is 3.95. The highest BCUT2D eigenvalue weighted by Crippen LogP contribution is 2.43. The molecule has 0 aliphatic carbocycles. The fourth-order valence-electron chi connectivity index (χ4n) is 9.91. The number of imide groups is 1. The lowest BCUT2D eigenvalue weighted by Crippen LogP contribution is -2.72. The second-order valence-electron chi connectivity index (χ2n) is 17.4. The van der Waals surface area contributed by atoms with E-state index in [0.29, 0.717) is 43.0 Å². The number of nitrogens with one attached hydrogen (secondary N) is 2. The number of nitrogens with zero attached hydrogens (tertiary/aromatic N) is 6. The molecule has 5 aliphatic heterocycles. The van der Waals surface area contributed by atoms with Crippen molar-refractivity contribution in [3.63, 3.8) is 0 Å². The van der Waals surface area contributed by atoms with E-state index in [-0.39, 0.29) is 53.2 Å². The molecule has 3 amide bonds. The Morgan fingerprint density at radius 3 is 2.52 bits per heavy atom. The molecule has 10 rings (SSSR count). The number of piperidine rings is 1. The van der Waals surface area contributed by atoms with Gasteiger partial charge >= 0.3 is 10.2 Å². The predicted molar refractivity (Wildman–Crippen MR) is 226 cm³/mol. The highest BCUT2D eigenvalue weighted by Gasteiger charge is 2.52. The molecule has 7 heterocycles. The first kappa shape index (κ1) is 41.8. The number of fused-ring (bicyclic) bond motifs is 2. The van der Waals surface area contributed by atoms with Crippen LogP contribution in [0.25, 0.3) is 16.7 Å². The minimum Gasteiger partial charge on any atom is -0.368 e. The summed E-state index contributed by atoms with van der Waals surface area (Å²) in [5.74, 6) is -5.19. The number of aryl methyl sites for hydroxylation is 1. The van der Waals surface area contributed by atoms with Gasteiger partial charge in [0, 0.05) is 87.1 Å². The normalized spacial score (nSPS) is 21.0. The molecule has 0 saturated carbocycles. The van der Waals surface area contributed by atoms with Gasteiger partial charge < -0.3 is 19.3 Å². The van der Waals surface area contributed by atoms with E-state index in [0.717, 1.165) is 60.0 Å². The molecule has 5 aliphatic rings. The molecule has 2 N–H and O–H groups in total. The van der Waals surface area contributed by atoms with E-state index >= 15 is 13.2 Å². The number of rotatable bonds is 12. The second kappa shape index (κ2) is 15.8. The van der Waals surface area contributed by atoms with Gasteiger partial charge in [0.1, 0.15) is 29.5 Å². The molecule has 1 spiro atoms. The predicted octanol–water partition coefficient (Wildman–Crippen LogP) is 4.89. The summed E-state index contributed by atoms with van der Waals surface area (Å²) in [7, 11) is -4.40. The van der Waals surface area contributed by atoms with Crippen LogP contribution in [-0.2, 0) is 32.8 Å². The molecular formula is C45H42F4N8O6S. The third kappa shape index (κ3) is 7.37. The Bertz CT molecular complexity index is 2900. The number of benzene rings is 3. The maximum absolute atomic E-state index is 15.9. The van der Waals surface area contributed by atoms with E-state index in [1.165, 1.54) is 29.1 Å². The SMILES string of the molecule is O=C1CCC(N2Cc3cc(CCCN4CC5(C4)CN(c4ccc(-n6cc(C(=O)c7c(F)ccc(NS(=O)(=O)N8CC[C@@H](F)C8)c7F)c7cccnc76)cc4F)C5)ccc3C2=O)C(=O)N1. The van der Waals surface area contributed by atoms with Crippen molar-refractivity contribution in [3.8, 4) is 5.69 Å². The molecular weight excluding hydrogens is 857 g/mol. The minimum atomic E-state index is -4.40. The molecule has 332 valence electrons. The van der Waals surface area contributed by atoms with Crippen molar-refractivity contribution in [3.05, 3.63) is 118 Å². The van der Waals surface area contributed by atoms with Crippen molar-refractivity contribution in [2.45, 2.75) is 50.9 Å². The third-order valence-electron chi connectivity index (χ3n) is 13.0. The fraction of sp³-hybridized carbons (Fsp3) is 0.356. The molecule has 3 aromatic carbocycles. The summed E-state index contributed by atoms with van der Waals surface area (Å²) in [5.41, 5.74) is 1.78. The zero-order chi connectivity index (χ0) is 44.7. The maximum atomic E-state index is 15.9. The van der Waals surface area contributed by atoms with E-state index in [2.05, 4.69) is 15.2 Å². The van der Waals surface area contributed by atoms with Crippen molar-refractivity contribution in [2.75, 3.05) is 55.4 Å². The number of halogens is 4. The number of amides is 3. The standard InChI is InChI=1S/C45H42F4N8O6S/c46-28-13-16-55(20-28)64(62,63)52-35-9-8-33(47)39(40(35)49)41(59)32-21-56(42-31(32)4-1-14-50-42)29-6-10-36(34(48)18-29)54-24-45(25-54)22-53(23-45)15-2-3-26-5-7-30-27(17-26)19-57(44(30)61)37-11-12-38(58)51-43(37)60/h1,4-10,14,17-18,21,28,37,52H,2-3,11-13,15-16,19-20,22-25H2,(H,51,58,60)/t28-,37?/m1/s1. The monoisotopic (exact) mass is 898 g/mol. The van der Waals surface area contributed by atoms with Crippen molar-refractivity contribution in [1.82, 2.24) is 29.0 Å². The Morgan fingerprint density at radius 1 is 0.953 bits per heavy atom. The first-order valence-corrected chi connectivity index (χ1v) is 22.6. The molecule has 0 radical (unpaired) electrons. The number of carbonyl (C=O) groups excluding carboxylic acids is 4. The zero-order valence-electron chi connectivity index (χ0n) is 34.3. The molecule has 5 aromatic rings. The molecule has 14 nitrogen and oxygen atoms in total. The van der Waals surface area contributed by atoms with Gasteiger partial charge in [-0.2, -0.15) is 12.7 Å². The number of pyridine rings is 1. The first-order valence-electron chi connectivity index (χ1n) is 21.1. The van der Waals surface area contributed by atoms with Crippen molar-refractivity contribution in [1.29, 1.82) is 0 Å². The van der Waals surface area contributed by atoms with Crippen LogP contribution in [0.5, 0.6) is 0 Å². The molecule has 64 heavy (non-hydrogen) atoms. The van der Waals surface area contributed by atoms with E-state index in [1.807, 2.05) is 27.8 Å². The number of carbonyl (C=O) groups is 4. The molecule has 2 atom stereocenters. The molecule has 2 aromatic heterocycles. The Hall–Kier alpha value is -6.18.